The predicted octanol–water partition coefficient (Wildman–Crippen LogP) is 4.11. The van der Waals surface area contributed by atoms with E-state index in [0.717, 1.165) is 77.4 Å². The van der Waals surface area contributed by atoms with Crippen LogP contribution in [0.5, 0.6) is 0 Å². The highest BCUT2D eigenvalue weighted by Crippen LogP contribution is 2.57. The first-order valence-corrected chi connectivity index (χ1v) is 12.4. The van der Waals surface area contributed by atoms with Gasteiger partial charge in [-0.05, 0) is 63.4 Å². The quantitative estimate of drug-likeness (QED) is 0.298. The second-order valence-corrected chi connectivity index (χ2v) is 10.2. The summed E-state index contributed by atoms with van der Waals surface area (Å²) in [5.74, 6) is 3.44. The van der Waals surface area contributed by atoms with Crippen LogP contribution in [0.3, 0.4) is 0 Å². The zero-order chi connectivity index (χ0) is 24.2. The number of nitrogen functional groups attached to an aromatic ring is 1. The molecule has 2 aliphatic carbocycles. The van der Waals surface area contributed by atoms with Gasteiger partial charge in [0.1, 0.15) is 23.5 Å². The fourth-order valence-electron chi connectivity index (χ4n) is 6.32. The predicted molar refractivity (Wildman–Crippen MR) is 144 cm³/mol. The summed E-state index contributed by atoms with van der Waals surface area (Å²) in [4.78, 5) is 13.7. The van der Waals surface area contributed by atoms with Crippen LogP contribution in [0.15, 0.2) is 42.9 Å². The molecule has 7 nitrogen and oxygen atoms in total. The number of nitrogens with one attached hydrogen (secondary N) is 2. The molecule has 0 atom stereocenters. The van der Waals surface area contributed by atoms with Gasteiger partial charge in [0.2, 0.25) is 0 Å². The number of thiocarbonyl (C=S) groups is 1. The van der Waals surface area contributed by atoms with E-state index in [-0.39, 0.29) is 11.1 Å². The molecular weight excluding hydrogens is 454 g/mol. The lowest BCUT2D eigenvalue weighted by atomic mass is 9.90. The standard InChI is InChI=1S/C27H27N7S/c1-3-20-21(18-13-17-7-5-6-8-19(17)30-14-18)22-23(28)31-16-32-24(22)34(20)27-11-9-26(15-27,10-12-27)33-25(35)29-4-2/h1,5-8,13-14,16H,4,9-12,15H2,2H3,(H2,28,31,32)(H2,29,33,35). The minimum atomic E-state index is -0.155. The Hall–Kier alpha value is -3.70. The van der Waals surface area contributed by atoms with Gasteiger partial charge >= 0.3 is 0 Å². The number of rotatable bonds is 4. The van der Waals surface area contributed by atoms with Crippen molar-refractivity contribution in [3.8, 4) is 23.5 Å². The molecule has 2 fully saturated rings. The lowest BCUT2D eigenvalue weighted by molar-refractivity contribution is 0.294. The zero-order valence-electron chi connectivity index (χ0n) is 19.6. The summed E-state index contributed by atoms with van der Waals surface area (Å²) in [6, 6.07) is 10.2. The van der Waals surface area contributed by atoms with Crippen molar-refractivity contribution in [2.24, 2.45) is 0 Å². The van der Waals surface area contributed by atoms with E-state index in [1.807, 2.05) is 24.4 Å². The van der Waals surface area contributed by atoms with Gasteiger partial charge < -0.3 is 20.9 Å². The highest BCUT2D eigenvalue weighted by Gasteiger charge is 2.56. The maximum Gasteiger partial charge on any atom is 0.166 e. The molecule has 6 rings (SSSR count). The summed E-state index contributed by atoms with van der Waals surface area (Å²) in [5, 5.41) is 9.42. The van der Waals surface area contributed by atoms with E-state index in [1.54, 1.807) is 0 Å². The number of nitrogens with zero attached hydrogens (tertiary/aromatic N) is 4. The third kappa shape index (κ3) is 3.26. The lowest BCUT2D eigenvalue weighted by Crippen LogP contribution is -2.49. The molecule has 2 bridgehead atoms. The minimum Gasteiger partial charge on any atom is -0.383 e. The van der Waals surface area contributed by atoms with Gasteiger partial charge in [-0.25, -0.2) is 9.97 Å². The highest BCUT2D eigenvalue weighted by atomic mass is 32.1. The van der Waals surface area contributed by atoms with Crippen molar-refractivity contribution < 1.29 is 0 Å². The molecule has 176 valence electrons. The molecule has 0 saturated heterocycles. The Morgan fingerprint density at radius 1 is 1.20 bits per heavy atom. The summed E-state index contributed by atoms with van der Waals surface area (Å²) in [7, 11) is 0. The Kier molecular flexibility index (Phi) is 4.94. The van der Waals surface area contributed by atoms with Crippen molar-refractivity contribution in [2.75, 3.05) is 12.3 Å². The van der Waals surface area contributed by atoms with Crippen LogP contribution in [0.1, 0.15) is 44.7 Å². The van der Waals surface area contributed by atoms with Crippen LogP contribution in [-0.2, 0) is 5.54 Å². The number of hydrogen-bond acceptors (Lipinski definition) is 5. The normalized spacial score (nSPS) is 23.0. The van der Waals surface area contributed by atoms with Gasteiger partial charge in [0.25, 0.3) is 0 Å². The van der Waals surface area contributed by atoms with Crippen molar-refractivity contribution in [3.63, 3.8) is 0 Å². The van der Waals surface area contributed by atoms with Gasteiger partial charge in [0.05, 0.1) is 10.9 Å². The number of anilines is 1. The number of para-hydroxylation sites is 1. The first-order valence-electron chi connectivity index (χ1n) is 12.0. The minimum absolute atomic E-state index is 0.0367. The number of fused-ring (bicyclic) bond motifs is 4. The average molecular weight is 482 g/mol. The van der Waals surface area contributed by atoms with Crippen LogP contribution in [0, 0.1) is 12.3 Å². The number of aromatic nitrogens is 4. The Morgan fingerprint density at radius 3 is 2.77 bits per heavy atom. The summed E-state index contributed by atoms with van der Waals surface area (Å²) in [6.07, 6.45) is 14.6. The van der Waals surface area contributed by atoms with Gasteiger partial charge in [-0.3, -0.25) is 4.98 Å². The van der Waals surface area contributed by atoms with E-state index in [9.17, 15) is 0 Å². The topological polar surface area (TPSA) is 93.7 Å². The first kappa shape index (κ1) is 21.8. The third-order valence-corrected chi connectivity index (χ3v) is 8.04. The van der Waals surface area contributed by atoms with Gasteiger partial charge in [-0.1, -0.05) is 24.1 Å². The van der Waals surface area contributed by atoms with Gasteiger partial charge in [0, 0.05) is 40.3 Å². The van der Waals surface area contributed by atoms with E-state index in [2.05, 4.69) is 45.2 Å². The molecule has 4 aromatic rings. The molecule has 1 aromatic carbocycles. The second kappa shape index (κ2) is 7.92. The summed E-state index contributed by atoms with van der Waals surface area (Å²) >= 11 is 5.54. The summed E-state index contributed by atoms with van der Waals surface area (Å²) < 4.78 is 2.28. The molecule has 0 aliphatic heterocycles. The van der Waals surface area contributed by atoms with E-state index < -0.39 is 0 Å². The molecule has 2 aliphatic rings. The van der Waals surface area contributed by atoms with Gasteiger partial charge in [-0.2, -0.15) is 0 Å². The van der Waals surface area contributed by atoms with E-state index in [1.165, 1.54) is 6.33 Å². The Balaban J connectivity index is 1.54. The largest absolute Gasteiger partial charge is 0.383 e. The van der Waals surface area contributed by atoms with Gasteiger partial charge in [-0.15, -0.1) is 6.42 Å². The SMILES string of the molecule is C#Cc1c(-c2cnc3ccccc3c2)c2c(N)ncnc2n1C12CCC(NC(=S)NCC)(CC1)C2. The van der Waals surface area contributed by atoms with Crippen molar-refractivity contribution in [2.45, 2.75) is 50.1 Å². The maximum atomic E-state index is 6.47. The Labute approximate surface area is 209 Å². The third-order valence-electron chi connectivity index (χ3n) is 7.79. The molecule has 3 heterocycles. The van der Waals surface area contributed by atoms with Gasteiger partial charge in [0.15, 0.2) is 5.11 Å². The molecular formula is C27H27N7S. The molecule has 0 unspecified atom stereocenters. The number of benzene rings is 1. The molecule has 0 amide bonds. The lowest BCUT2D eigenvalue weighted by Gasteiger charge is -2.31. The second-order valence-electron chi connectivity index (χ2n) is 9.74. The van der Waals surface area contributed by atoms with Crippen LogP contribution < -0.4 is 16.4 Å². The number of pyridine rings is 1. The van der Waals surface area contributed by atoms with Crippen LogP contribution in [-0.4, -0.2) is 36.7 Å². The molecule has 0 spiro atoms. The fourth-order valence-corrected chi connectivity index (χ4v) is 6.68. The summed E-state index contributed by atoms with van der Waals surface area (Å²) in [5.41, 5.74) is 10.6. The first-order chi connectivity index (χ1) is 17.0. The molecule has 2 saturated carbocycles. The molecule has 0 radical (unpaired) electrons. The van der Waals surface area contributed by atoms with Crippen molar-refractivity contribution >= 4 is 45.1 Å². The van der Waals surface area contributed by atoms with E-state index >= 15 is 0 Å². The van der Waals surface area contributed by atoms with Crippen LogP contribution in [0.25, 0.3) is 33.1 Å². The molecule has 35 heavy (non-hydrogen) atoms. The Morgan fingerprint density at radius 2 is 2.00 bits per heavy atom. The Bertz CT molecular complexity index is 1520. The number of hydrogen-bond donors (Lipinski definition) is 3. The zero-order valence-corrected chi connectivity index (χ0v) is 20.5. The smallest absolute Gasteiger partial charge is 0.166 e. The van der Waals surface area contributed by atoms with E-state index in [0.29, 0.717) is 10.9 Å². The van der Waals surface area contributed by atoms with Crippen molar-refractivity contribution in [3.05, 3.63) is 48.5 Å². The fraction of sp³-hybridized carbons (Fsp3) is 0.333. The molecule has 4 N–H and O–H groups in total. The number of terminal acetylenes is 1. The van der Waals surface area contributed by atoms with Crippen LogP contribution in [0.2, 0.25) is 0 Å². The highest BCUT2D eigenvalue weighted by molar-refractivity contribution is 7.80. The van der Waals surface area contributed by atoms with E-state index in [4.69, 9.17) is 34.3 Å². The molecule has 8 heteroatoms. The average Bonchev–Trinajstić information content (AvgIpc) is 3.52. The van der Waals surface area contributed by atoms with Crippen LogP contribution >= 0.6 is 12.2 Å². The van der Waals surface area contributed by atoms with Crippen molar-refractivity contribution in [1.82, 2.24) is 30.2 Å². The number of nitrogens with two attached hydrogens (primary N) is 1. The monoisotopic (exact) mass is 481 g/mol. The molecule has 3 aromatic heterocycles. The maximum absolute atomic E-state index is 6.47. The summed E-state index contributed by atoms with van der Waals surface area (Å²) in [6.45, 7) is 2.85. The van der Waals surface area contributed by atoms with Crippen LogP contribution in [0.4, 0.5) is 5.82 Å². The van der Waals surface area contributed by atoms with Crippen molar-refractivity contribution in [1.29, 1.82) is 0 Å².